The lowest BCUT2D eigenvalue weighted by molar-refractivity contribution is -0.121. The number of carbonyl (C=O) groups excluding carboxylic acids is 1. The number of likely N-dealkylation sites (tertiary alicyclic amines) is 1. The van der Waals surface area contributed by atoms with Gasteiger partial charge >= 0.3 is 0 Å². The number of nitrogen functional groups attached to an aromatic ring is 1. The van der Waals surface area contributed by atoms with Gasteiger partial charge in [0.2, 0.25) is 5.91 Å². The molecule has 0 radical (unpaired) electrons. The summed E-state index contributed by atoms with van der Waals surface area (Å²) >= 11 is 0. The van der Waals surface area contributed by atoms with E-state index in [4.69, 9.17) is 5.73 Å². The molecule has 3 rings (SSSR count). The quantitative estimate of drug-likeness (QED) is 0.880. The molecular weight excluding hydrogens is 288 g/mol. The third-order valence-corrected chi connectivity index (χ3v) is 4.08. The van der Waals surface area contributed by atoms with E-state index in [1.807, 2.05) is 6.07 Å². The molecule has 1 aromatic heterocycles. The number of nitrogens with two attached hydrogens (primary N) is 1. The number of amides is 1. The molecule has 2 aromatic rings. The molecule has 1 aliphatic heterocycles. The summed E-state index contributed by atoms with van der Waals surface area (Å²) in [5, 5.41) is 3.11. The molecular formula is C18H22N4O. The number of nitrogens with zero attached hydrogens (tertiary/aromatic N) is 2. The zero-order chi connectivity index (χ0) is 16.1. The number of carbonyl (C=O) groups is 1. The Balaban J connectivity index is 1.46. The van der Waals surface area contributed by atoms with Crippen LogP contribution in [0.3, 0.4) is 0 Å². The molecule has 1 atom stereocenters. The van der Waals surface area contributed by atoms with Crippen molar-refractivity contribution in [1.29, 1.82) is 0 Å². The maximum atomic E-state index is 12.1. The highest BCUT2D eigenvalue weighted by molar-refractivity contribution is 5.78. The molecule has 1 saturated heterocycles. The van der Waals surface area contributed by atoms with Crippen LogP contribution >= 0.6 is 0 Å². The average molecular weight is 310 g/mol. The van der Waals surface area contributed by atoms with Crippen molar-refractivity contribution in [2.75, 3.05) is 18.8 Å². The van der Waals surface area contributed by atoms with Crippen LogP contribution in [0.1, 0.15) is 17.7 Å². The maximum absolute atomic E-state index is 12.1. The normalized spacial score (nSPS) is 18.0. The lowest BCUT2D eigenvalue weighted by Gasteiger charge is -2.16. The molecule has 1 aromatic carbocycles. The van der Waals surface area contributed by atoms with Crippen LogP contribution in [0.5, 0.6) is 0 Å². The second kappa shape index (κ2) is 7.24. The molecule has 0 bridgehead atoms. The molecule has 0 aliphatic carbocycles. The third-order valence-electron chi connectivity index (χ3n) is 4.08. The minimum Gasteiger partial charge on any atom is -0.397 e. The van der Waals surface area contributed by atoms with E-state index in [1.165, 1.54) is 5.56 Å². The zero-order valence-corrected chi connectivity index (χ0v) is 13.1. The maximum Gasteiger partial charge on any atom is 0.226 e. The first kappa shape index (κ1) is 15.5. The van der Waals surface area contributed by atoms with Gasteiger partial charge in [-0.25, -0.2) is 0 Å². The lowest BCUT2D eigenvalue weighted by atomic mass is 10.2. The van der Waals surface area contributed by atoms with E-state index >= 15 is 0 Å². The molecule has 0 saturated carbocycles. The van der Waals surface area contributed by atoms with Gasteiger partial charge in [0.25, 0.3) is 0 Å². The molecule has 1 unspecified atom stereocenters. The number of aromatic nitrogens is 1. The summed E-state index contributed by atoms with van der Waals surface area (Å²) in [6.07, 6.45) is 2.88. The van der Waals surface area contributed by atoms with E-state index in [2.05, 4.69) is 39.5 Å². The van der Waals surface area contributed by atoms with Gasteiger partial charge in [0, 0.05) is 31.4 Å². The van der Waals surface area contributed by atoms with E-state index in [0.717, 1.165) is 31.7 Å². The van der Waals surface area contributed by atoms with Gasteiger partial charge < -0.3 is 11.1 Å². The second-order valence-electron chi connectivity index (χ2n) is 6.03. The van der Waals surface area contributed by atoms with Crippen LogP contribution in [0.15, 0.2) is 48.7 Å². The van der Waals surface area contributed by atoms with Crippen molar-refractivity contribution >= 4 is 11.6 Å². The number of rotatable bonds is 5. The van der Waals surface area contributed by atoms with Crippen LogP contribution in [0.25, 0.3) is 0 Å². The van der Waals surface area contributed by atoms with E-state index in [0.29, 0.717) is 12.1 Å². The van der Waals surface area contributed by atoms with Gasteiger partial charge in [0.05, 0.1) is 18.3 Å². The molecule has 1 amide bonds. The van der Waals surface area contributed by atoms with Crippen LogP contribution in [0.2, 0.25) is 0 Å². The summed E-state index contributed by atoms with van der Waals surface area (Å²) in [6, 6.07) is 14.2. The van der Waals surface area contributed by atoms with Gasteiger partial charge in [-0.05, 0) is 24.1 Å². The third kappa shape index (κ3) is 4.53. The van der Waals surface area contributed by atoms with Crippen LogP contribution < -0.4 is 11.1 Å². The summed E-state index contributed by atoms with van der Waals surface area (Å²) in [6.45, 7) is 2.85. The van der Waals surface area contributed by atoms with Crippen molar-refractivity contribution in [3.8, 4) is 0 Å². The second-order valence-corrected chi connectivity index (χ2v) is 6.03. The monoisotopic (exact) mass is 310 g/mol. The number of hydrogen-bond acceptors (Lipinski definition) is 4. The molecule has 0 spiro atoms. The summed E-state index contributed by atoms with van der Waals surface area (Å²) < 4.78 is 0. The molecule has 3 N–H and O–H groups in total. The highest BCUT2D eigenvalue weighted by Gasteiger charge is 2.23. The molecule has 23 heavy (non-hydrogen) atoms. The van der Waals surface area contributed by atoms with E-state index < -0.39 is 0 Å². The Labute approximate surface area is 136 Å². The largest absolute Gasteiger partial charge is 0.397 e. The van der Waals surface area contributed by atoms with Gasteiger partial charge in [0.15, 0.2) is 0 Å². The van der Waals surface area contributed by atoms with Crippen molar-refractivity contribution in [3.63, 3.8) is 0 Å². The van der Waals surface area contributed by atoms with Crippen molar-refractivity contribution in [2.24, 2.45) is 0 Å². The number of hydrogen-bond donors (Lipinski definition) is 2. The van der Waals surface area contributed by atoms with Crippen molar-refractivity contribution < 1.29 is 4.79 Å². The Kier molecular flexibility index (Phi) is 4.88. The molecule has 5 nitrogen and oxygen atoms in total. The summed E-state index contributed by atoms with van der Waals surface area (Å²) in [5.74, 6) is 0.0221. The van der Waals surface area contributed by atoms with Crippen LogP contribution in [0, 0.1) is 0 Å². The van der Waals surface area contributed by atoms with Crippen molar-refractivity contribution in [2.45, 2.75) is 25.4 Å². The number of benzene rings is 1. The summed E-state index contributed by atoms with van der Waals surface area (Å²) in [4.78, 5) is 18.7. The van der Waals surface area contributed by atoms with Crippen LogP contribution in [-0.4, -0.2) is 34.9 Å². The van der Waals surface area contributed by atoms with Gasteiger partial charge in [-0.15, -0.1) is 0 Å². The van der Waals surface area contributed by atoms with E-state index in [9.17, 15) is 4.79 Å². The molecule has 1 fully saturated rings. The lowest BCUT2D eigenvalue weighted by Crippen LogP contribution is -2.37. The topological polar surface area (TPSA) is 71.2 Å². The number of pyridine rings is 1. The Morgan fingerprint density at radius 1 is 1.26 bits per heavy atom. The fourth-order valence-electron chi connectivity index (χ4n) is 2.92. The predicted molar refractivity (Wildman–Crippen MR) is 90.6 cm³/mol. The Morgan fingerprint density at radius 2 is 2.09 bits per heavy atom. The minimum atomic E-state index is 0.0221. The first-order chi connectivity index (χ1) is 11.2. The highest BCUT2D eigenvalue weighted by atomic mass is 16.1. The minimum absolute atomic E-state index is 0.0221. The highest BCUT2D eigenvalue weighted by Crippen LogP contribution is 2.13. The van der Waals surface area contributed by atoms with Gasteiger partial charge in [-0.2, -0.15) is 0 Å². The Morgan fingerprint density at radius 3 is 2.83 bits per heavy atom. The van der Waals surface area contributed by atoms with E-state index in [1.54, 1.807) is 18.3 Å². The standard InChI is InChI=1S/C18H22N4O/c19-15-6-7-16(20-11-15)10-18(23)21-17-8-9-22(13-17)12-14-4-2-1-3-5-14/h1-7,11,17H,8-10,12-13,19H2,(H,21,23). The fourth-order valence-corrected chi connectivity index (χ4v) is 2.92. The SMILES string of the molecule is Nc1ccc(CC(=O)NC2CCN(Cc3ccccc3)C2)nc1. The van der Waals surface area contributed by atoms with Crippen molar-refractivity contribution in [3.05, 3.63) is 59.9 Å². The molecule has 120 valence electrons. The van der Waals surface area contributed by atoms with Gasteiger partial charge in [-0.3, -0.25) is 14.7 Å². The van der Waals surface area contributed by atoms with Crippen molar-refractivity contribution in [1.82, 2.24) is 15.2 Å². The number of nitrogens with one attached hydrogen (secondary N) is 1. The van der Waals surface area contributed by atoms with E-state index in [-0.39, 0.29) is 11.9 Å². The smallest absolute Gasteiger partial charge is 0.226 e. The molecule has 5 heteroatoms. The average Bonchev–Trinajstić information content (AvgIpc) is 2.97. The molecule has 2 heterocycles. The molecule has 1 aliphatic rings. The van der Waals surface area contributed by atoms with Crippen LogP contribution in [0.4, 0.5) is 5.69 Å². The summed E-state index contributed by atoms with van der Waals surface area (Å²) in [5.41, 5.74) is 8.27. The first-order valence-electron chi connectivity index (χ1n) is 7.95. The van der Waals surface area contributed by atoms with Gasteiger partial charge in [-0.1, -0.05) is 30.3 Å². The Bertz CT molecular complexity index is 642. The van der Waals surface area contributed by atoms with Crippen LogP contribution in [-0.2, 0) is 17.8 Å². The summed E-state index contributed by atoms with van der Waals surface area (Å²) in [7, 11) is 0. The Hall–Kier alpha value is -2.40. The zero-order valence-electron chi connectivity index (χ0n) is 13.1. The fraction of sp³-hybridized carbons (Fsp3) is 0.333. The van der Waals surface area contributed by atoms with Gasteiger partial charge in [0.1, 0.15) is 0 Å². The predicted octanol–water partition coefficient (Wildman–Crippen LogP) is 1.60. The first-order valence-corrected chi connectivity index (χ1v) is 7.95. The number of anilines is 1.